The van der Waals surface area contributed by atoms with E-state index in [1.807, 2.05) is 36.5 Å². The van der Waals surface area contributed by atoms with Gasteiger partial charge in [0.1, 0.15) is 6.04 Å². The number of aromatic nitrogens is 2. The van der Waals surface area contributed by atoms with Crippen molar-refractivity contribution >= 4 is 17.6 Å². The van der Waals surface area contributed by atoms with Crippen molar-refractivity contribution in [1.82, 2.24) is 20.0 Å². The van der Waals surface area contributed by atoms with Crippen molar-refractivity contribution in [2.45, 2.75) is 19.5 Å². The Morgan fingerprint density at radius 1 is 1.39 bits per heavy atom. The molecule has 1 atom stereocenters. The van der Waals surface area contributed by atoms with E-state index in [0.717, 1.165) is 11.3 Å². The minimum Gasteiger partial charge on any atom is -0.371 e. The molecule has 7 nitrogen and oxygen atoms in total. The third-order valence-corrected chi connectivity index (χ3v) is 3.70. The van der Waals surface area contributed by atoms with E-state index in [1.165, 1.54) is 4.90 Å². The molecular formula is C16H19N5O2. The highest BCUT2D eigenvalue weighted by Crippen LogP contribution is 2.11. The number of imide groups is 1. The van der Waals surface area contributed by atoms with E-state index in [-0.39, 0.29) is 11.9 Å². The number of rotatable bonds is 5. The lowest BCUT2D eigenvalue weighted by Crippen LogP contribution is -2.43. The summed E-state index contributed by atoms with van der Waals surface area (Å²) in [6, 6.07) is 9.19. The number of hydrogen-bond acceptors (Lipinski definition) is 4. The van der Waals surface area contributed by atoms with Crippen LogP contribution in [-0.4, -0.2) is 45.8 Å². The van der Waals surface area contributed by atoms with E-state index < -0.39 is 6.04 Å². The summed E-state index contributed by atoms with van der Waals surface area (Å²) in [5.41, 5.74) is 1.90. The molecule has 0 bridgehead atoms. The standard InChI is InChI=1S/C16H19N5O2/c1-12(15(22)21-8-7-17-16(21)23)19-14-9-18-20(11-14)10-13-5-3-2-4-6-13/h2-6,9,11-12,19H,7-8,10H2,1H3,(H,17,23)/t12-/m1/s1. The average molecular weight is 313 g/mol. The first-order valence-electron chi connectivity index (χ1n) is 7.55. The Bertz CT molecular complexity index is 698. The second-order valence-corrected chi connectivity index (χ2v) is 5.50. The number of amides is 3. The normalized spacial score (nSPS) is 15.3. The molecule has 0 saturated carbocycles. The monoisotopic (exact) mass is 313 g/mol. The van der Waals surface area contributed by atoms with Gasteiger partial charge in [0.15, 0.2) is 0 Å². The van der Waals surface area contributed by atoms with Gasteiger partial charge >= 0.3 is 6.03 Å². The van der Waals surface area contributed by atoms with Crippen LogP contribution < -0.4 is 10.6 Å². The zero-order valence-electron chi connectivity index (χ0n) is 12.9. The maximum atomic E-state index is 12.2. The van der Waals surface area contributed by atoms with Gasteiger partial charge < -0.3 is 10.6 Å². The Hall–Kier alpha value is -2.83. The molecule has 7 heteroatoms. The molecule has 1 aromatic heterocycles. The summed E-state index contributed by atoms with van der Waals surface area (Å²) in [7, 11) is 0. The molecule has 0 aliphatic carbocycles. The van der Waals surface area contributed by atoms with Crippen LogP contribution >= 0.6 is 0 Å². The highest BCUT2D eigenvalue weighted by Gasteiger charge is 2.29. The molecule has 1 saturated heterocycles. The smallest absolute Gasteiger partial charge is 0.324 e. The number of carbonyl (C=O) groups excluding carboxylic acids is 2. The molecule has 1 fully saturated rings. The van der Waals surface area contributed by atoms with Crippen LogP contribution in [0.15, 0.2) is 42.7 Å². The Labute approximate surface area is 134 Å². The van der Waals surface area contributed by atoms with Crippen LogP contribution in [0.3, 0.4) is 0 Å². The summed E-state index contributed by atoms with van der Waals surface area (Å²) in [6.45, 7) is 3.32. The van der Waals surface area contributed by atoms with Gasteiger partial charge in [-0.25, -0.2) is 4.79 Å². The fourth-order valence-corrected chi connectivity index (χ4v) is 2.52. The van der Waals surface area contributed by atoms with Crippen LogP contribution in [0.1, 0.15) is 12.5 Å². The quantitative estimate of drug-likeness (QED) is 0.871. The summed E-state index contributed by atoms with van der Waals surface area (Å²) >= 11 is 0. The van der Waals surface area contributed by atoms with Crippen molar-refractivity contribution in [3.8, 4) is 0 Å². The fourth-order valence-electron chi connectivity index (χ4n) is 2.52. The molecule has 1 aliphatic rings. The molecular weight excluding hydrogens is 294 g/mol. The zero-order valence-corrected chi connectivity index (χ0v) is 12.9. The highest BCUT2D eigenvalue weighted by atomic mass is 16.2. The number of benzene rings is 1. The average Bonchev–Trinajstić information content (AvgIpc) is 3.16. The van der Waals surface area contributed by atoms with E-state index in [4.69, 9.17) is 0 Å². The summed E-state index contributed by atoms with van der Waals surface area (Å²) in [6.07, 6.45) is 3.53. The Balaban J connectivity index is 1.60. The lowest BCUT2D eigenvalue weighted by molar-refractivity contribution is -0.128. The lowest BCUT2D eigenvalue weighted by Gasteiger charge is -2.18. The van der Waals surface area contributed by atoms with Crippen LogP contribution in [0.5, 0.6) is 0 Å². The van der Waals surface area contributed by atoms with E-state index in [2.05, 4.69) is 15.7 Å². The first kappa shape index (κ1) is 15.1. The molecule has 2 N–H and O–H groups in total. The summed E-state index contributed by atoms with van der Waals surface area (Å²) in [4.78, 5) is 25.0. The first-order valence-corrected chi connectivity index (χ1v) is 7.55. The Morgan fingerprint density at radius 3 is 2.87 bits per heavy atom. The van der Waals surface area contributed by atoms with Crippen molar-refractivity contribution in [2.75, 3.05) is 18.4 Å². The maximum Gasteiger partial charge on any atom is 0.324 e. The number of anilines is 1. The molecule has 0 radical (unpaired) electrons. The molecule has 120 valence electrons. The summed E-state index contributed by atoms with van der Waals surface area (Å²) in [5.74, 6) is -0.240. The van der Waals surface area contributed by atoms with Crippen molar-refractivity contribution in [1.29, 1.82) is 0 Å². The van der Waals surface area contributed by atoms with Gasteiger partial charge in [-0.1, -0.05) is 30.3 Å². The molecule has 2 aromatic rings. The molecule has 1 aliphatic heterocycles. The Kier molecular flexibility index (Phi) is 4.27. The van der Waals surface area contributed by atoms with Gasteiger partial charge in [0.2, 0.25) is 0 Å². The van der Waals surface area contributed by atoms with Gasteiger partial charge in [-0.3, -0.25) is 14.4 Å². The van der Waals surface area contributed by atoms with E-state index in [9.17, 15) is 9.59 Å². The largest absolute Gasteiger partial charge is 0.371 e. The minimum atomic E-state index is -0.492. The van der Waals surface area contributed by atoms with Crippen molar-refractivity contribution < 1.29 is 9.59 Å². The first-order chi connectivity index (χ1) is 11.1. The minimum absolute atomic E-state index is 0.240. The molecule has 0 unspecified atom stereocenters. The third-order valence-electron chi connectivity index (χ3n) is 3.70. The van der Waals surface area contributed by atoms with E-state index in [0.29, 0.717) is 19.6 Å². The number of nitrogens with zero attached hydrogens (tertiary/aromatic N) is 3. The summed E-state index contributed by atoms with van der Waals surface area (Å²) < 4.78 is 1.80. The van der Waals surface area contributed by atoms with Crippen molar-refractivity contribution in [3.05, 3.63) is 48.3 Å². The predicted octanol–water partition coefficient (Wildman–Crippen LogP) is 1.28. The van der Waals surface area contributed by atoms with Gasteiger partial charge in [-0.15, -0.1) is 0 Å². The maximum absolute atomic E-state index is 12.2. The number of nitrogens with one attached hydrogen (secondary N) is 2. The molecule has 3 rings (SSSR count). The second kappa shape index (κ2) is 6.51. The number of hydrogen-bond donors (Lipinski definition) is 2. The van der Waals surface area contributed by atoms with Crippen LogP contribution in [0.2, 0.25) is 0 Å². The molecule has 1 aromatic carbocycles. The van der Waals surface area contributed by atoms with Gasteiger partial charge in [0, 0.05) is 19.3 Å². The zero-order chi connectivity index (χ0) is 16.2. The van der Waals surface area contributed by atoms with E-state index >= 15 is 0 Å². The van der Waals surface area contributed by atoms with Crippen LogP contribution in [0.25, 0.3) is 0 Å². The molecule has 2 heterocycles. The number of carbonyl (C=O) groups is 2. The molecule has 23 heavy (non-hydrogen) atoms. The second-order valence-electron chi connectivity index (χ2n) is 5.50. The predicted molar refractivity (Wildman–Crippen MR) is 86.0 cm³/mol. The lowest BCUT2D eigenvalue weighted by atomic mass is 10.2. The highest BCUT2D eigenvalue weighted by molar-refractivity contribution is 5.99. The van der Waals surface area contributed by atoms with Crippen LogP contribution in [0, 0.1) is 0 Å². The molecule has 3 amide bonds. The van der Waals surface area contributed by atoms with Gasteiger partial charge in [0.05, 0.1) is 18.4 Å². The Morgan fingerprint density at radius 2 is 2.17 bits per heavy atom. The van der Waals surface area contributed by atoms with Crippen molar-refractivity contribution in [3.63, 3.8) is 0 Å². The topological polar surface area (TPSA) is 79.3 Å². The SMILES string of the molecule is C[C@@H](Nc1cnn(Cc2ccccc2)c1)C(=O)N1CCNC1=O. The third kappa shape index (κ3) is 3.50. The molecule has 0 spiro atoms. The van der Waals surface area contributed by atoms with Gasteiger partial charge in [-0.05, 0) is 12.5 Å². The summed E-state index contributed by atoms with van der Waals surface area (Å²) in [5, 5.41) is 10.00. The van der Waals surface area contributed by atoms with Gasteiger partial charge in [-0.2, -0.15) is 5.10 Å². The van der Waals surface area contributed by atoms with Crippen molar-refractivity contribution in [2.24, 2.45) is 0 Å². The number of urea groups is 1. The van der Waals surface area contributed by atoms with Gasteiger partial charge in [0.25, 0.3) is 5.91 Å². The van der Waals surface area contributed by atoms with E-state index in [1.54, 1.807) is 17.8 Å². The van der Waals surface area contributed by atoms with Crippen LogP contribution in [0.4, 0.5) is 10.5 Å². The fraction of sp³-hybridized carbons (Fsp3) is 0.312. The van der Waals surface area contributed by atoms with Crippen LogP contribution in [-0.2, 0) is 11.3 Å².